The Bertz CT molecular complexity index is 591. The molecule has 0 aliphatic heterocycles. The van der Waals surface area contributed by atoms with E-state index >= 15 is 0 Å². The quantitative estimate of drug-likeness (QED) is 0.813. The lowest BCUT2D eigenvalue weighted by molar-refractivity contribution is 0.0906. The van der Waals surface area contributed by atoms with Crippen LogP contribution in [-0.2, 0) is 9.05 Å². The summed E-state index contributed by atoms with van der Waals surface area (Å²) in [5.41, 5.74) is 0.225. The zero-order valence-electron chi connectivity index (χ0n) is 12.1. The van der Waals surface area contributed by atoms with Gasteiger partial charge in [0.1, 0.15) is 10.6 Å². The molecule has 1 aliphatic carbocycles. The fourth-order valence-electron chi connectivity index (χ4n) is 2.98. The highest BCUT2D eigenvalue weighted by Gasteiger charge is 2.25. The van der Waals surface area contributed by atoms with E-state index in [0.29, 0.717) is 5.92 Å². The number of aromatic nitrogens is 1. The number of hydrogen-bond acceptors (Lipinski definition) is 3. The molecule has 1 fully saturated rings. The molecule has 2 N–H and O–H groups in total. The topological polar surface area (TPSA) is 79.0 Å². The van der Waals surface area contributed by atoms with E-state index in [-0.39, 0.29) is 22.5 Å². The Morgan fingerprint density at radius 1 is 1.43 bits per heavy atom. The van der Waals surface area contributed by atoms with Crippen LogP contribution >= 0.6 is 10.7 Å². The number of H-pyrrole nitrogens is 1. The van der Waals surface area contributed by atoms with Gasteiger partial charge in [0, 0.05) is 22.9 Å². The first kappa shape index (κ1) is 16.4. The van der Waals surface area contributed by atoms with Gasteiger partial charge in [-0.3, -0.25) is 4.79 Å². The van der Waals surface area contributed by atoms with Crippen molar-refractivity contribution in [2.45, 2.75) is 56.4 Å². The highest BCUT2D eigenvalue weighted by molar-refractivity contribution is 8.13. The van der Waals surface area contributed by atoms with Crippen LogP contribution in [0.5, 0.6) is 0 Å². The molecule has 1 aromatic heterocycles. The van der Waals surface area contributed by atoms with Gasteiger partial charge in [-0.15, -0.1) is 0 Å². The molecule has 1 amide bonds. The number of hydrogen-bond donors (Lipinski definition) is 2. The number of aromatic amines is 1. The standard InChI is InChI=1S/C14H21ClN2O3S/c1-2-12(10-6-4-3-5-7-10)17-14(18)13-8-11(9-16-13)21(15,19)20/h8-10,12,16H,2-7H2,1H3,(H,17,18). The molecular weight excluding hydrogens is 312 g/mol. The summed E-state index contributed by atoms with van der Waals surface area (Å²) in [4.78, 5) is 14.8. The summed E-state index contributed by atoms with van der Waals surface area (Å²) in [7, 11) is 1.44. The Balaban J connectivity index is 2.03. The van der Waals surface area contributed by atoms with Crippen LogP contribution in [0.4, 0.5) is 0 Å². The molecule has 0 spiro atoms. The van der Waals surface area contributed by atoms with E-state index in [2.05, 4.69) is 17.2 Å². The van der Waals surface area contributed by atoms with E-state index in [9.17, 15) is 13.2 Å². The van der Waals surface area contributed by atoms with E-state index in [1.807, 2.05) is 0 Å². The average Bonchev–Trinajstić information content (AvgIpc) is 2.95. The number of carbonyl (C=O) groups excluding carboxylic acids is 1. The van der Waals surface area contributed by atoms with Crippen LogP contribution in [0.15, 0.2) is 17.2 Å². The minimum Gasteiger partial charge on any atom is -0.356 e. The van der Waals surface area contributed by atoms with E-state index < -0.39 is 9.05 Å². The van der Waals surface area contributed by atoms with Gasteiger partial charge in [0.05, 0.1) is 0 Å². The lowest BCUT2D eigenvalue weighted by Gasteiger charge is -2.30. The average molecular weight is 333 g/mol. The van der Waals surface area contributed by atoms with Crippen molar-refractivity contribution < 1.29 is 13.2 Å². The summed E-state index contributed by atoms with van der Waals surface area (Å²) in [6.45, 7) is 2.06. The molecule has 0 saturated heterocycles. The maximum absolute atomic E-state index is 12.2. The van der Waals surface area contributed by atoms with Gasteiger partial charge in [0.25, 0.3) is 15.0 Å². The van der Waals surface area contributed by atoms with Crippen molar-refractivity contribution in [2.75, 3.05) is 0 Å². The zero-order chi connectivity index (χ0) is 15.5. The fraction of sp³-hybridized carbons (Fsp3) is 0.643. The summed E-state index contributed by atoms with van der Waals surface area (Å²) in [6.07, 6.45) is 8.10. The van der Waals surface area contributed by atoms with E-state index in [0.717, 1.165) is 19.3 Å². The lowest BCUT2D eigenvalue weighted by Crippen LogP contribution is -2.40. The van der Waals surface area contributed by atoms with Crippen molar-refractivity contribution >= 4 is 25.6 Å². The summed E-state index contributed by atoms with van der Waals surface area (Å²) < 4.78 is 22.4. The van der Waals surface area contributed by atoms with Gasteiger partial charge >= 0.3 is 0 Å². The van der Waals surface area contributed by atoms with Crippen molar-refractivity contribution in [1.82, 2.24) is 10.3 Å². The molecule has 1 atom stereocenters. The normalized spacial score (nSPS) is 18.4. The molecular formula is C14H21ClN2O3S. The van der Waals surface area contributed by atoms with Crippen molar-refractivity contribution in [2.24, 2.45) is 5.92 Å². The van der Waals surface area contributed by atoms with E-state index in [1.165, 1.54) is 31.5 Å². The van der Waals surface area contributed by atoms with E-state index in [4.69, 9.17) is 10.7 Å². The summed E-state index contributed by atoms with van der Waals surface area (Å²) in [6, 6.07) is 1.41. The molecule has 0 bridgehead atoms. The molecule has 1 saturated carbocycles. The highest BCUT2D eigenvalue weighted by atomic mass is 35.7. The summed E-state index contributed by atoms with van der Waals surface area (Å²) in [5, 5.41) is 3.01. The van der Waals surface area contributed by atoms with Gasteiger partial charge in [0.15, 0.2) is 0 Å². The van der Waals surface area contributed by atoms with Crippen LogP contribution in [0.1, 0.15) is 55.9 Å². The Morgan fingerprint density at radius 2 is 2.10 bits per heavy atom. The smallest absolute Gasteiger partial charge is 0.267 e. The molecule has 2 rings (SSSR count). The van der Waals surface area contributed by atoms with Gasteiger partial charge in [0.2, 0.25) is 0 Å². The predicted octanol–water partition coefficient (Wildman–Crippen LogP) is 3.03. The van der Waals surface area contributed by atoms with Crippen molar-refractivity contribution in [1.29, 1.82) is 0 Å². The van der Waals surface area contributed by atoms with Crippen LogP contribution in [0.3, 0.4) is 0 Å². The molecule has 5 nitrogen and oxygen atoms in total. The SMILES string of the molecule is CCC(NC(=O)c1cc(S(=O)(=O)Cl)c[nH]1)C1CCCCC1. The van der Waals surface area contributed by atoms with Gasteiger partial charge in [-0.1, -0.05) is 26.2 Å². The second kappa shape index (κ2) is 6.83. The fourth-order valence-corrected chi connectivity index (χ4v) is 3.71. The number of halogens is 1. The maximum Gasteiger partial charge on any atom is 0.267 e. The number of rotatable bonds is 5. The molecule has 1 aromatic rings. The van der Waals surface area contributed by atoms with Gasteiger partial charge in [-0.05, 0) is 31.2 Å². The zero-order valence-corrected chi connectivity index (χ0v) is 13.6. The summed E-state index contributed by atoms with van der Waals surface area (Å²) in [5.74, 6) is 0.234. The molecule has 21 heavy (non-hydrogen) atoms. The molecule has 1 heterocycles. The molecule has 7 heteroatoms. The van der Waals surface area contributed by atoms with Crippen LogP contribution in [0.2, 0.25) is 0 Å². The molecule has 1 unspecified atom stereocenters. The first-order chi connectivity index (χ1) is 9.91. The Hall–Kier alpha value is -1.01. The first-order valence-corrected chi connectivity index (χ1v) is 9.66. The molecule has 0 radical (unpaired) electrons. The van der Waals surface area contributed by atoms with Crippen molar-refractivity contribution in [3.05, 3.63) is 18.0 Å². The minimum atomic E-state index is -3.81. The Morgan fingerprint density at radius 3 is 2.62 bits per heavy atom. The third kappa shape index (κ3) is 4.23. The van der Waals surface area contributed by atoms with Gasteiger partial charge in [-0.2, -0.15) is 0 Å². The second-order valence-corrected chi connectivity index (χ2v) is 8.14. The third-order valence-electron chi connectivity index (χ3n) is 4.16. The molecule has 118 valence electrons. The van der Waals surface area contributed by atoms with Crippen LogP contribution in [0.25, 0.3) is 0 Å². The number of nitrogens with one attached hydrogen (secondary N) is 2. The highest BCUT2D eigenvalue weighted by Crippen LogP contribution is 2.28. The van der Waals surface area contributed by atoms with Crippen molar-refractivity contribution in [3.8, 4) is 0 Å². The summed E-state index contributed by atoms with van der Waals surface area (Å²) >= 11 is 0. The number of carbonyl (C=O) groups is 1. The van der Waals surface area contributed by atoms with Crippen LogP contribution in [-0.4, -0.2) is 25.4 Å². The lowest BCUT2D eigenvalue weighted by atomic mass is 9.83. The Labute approximate surface area is 129 Å². The largest absolute Gasteiger partial charge is 0.356 e. The molecule has 0 aromatic carbocycles. The second-order valence-electron chi connectivity index (χ2n) is 5.57. The first-order valence-electron chi connectivity index (χ1n) is 7.35. The maximum atomic E-state index is 12.2. The van der Waals surface area contributed by atoms with Gasteiger partial charge in [-0.25, -0.2) is 8.42 Å². The Kier molecular flexibility index (Phi) is 5.32. The minimum absolute atomic E-state index is 0.0833. The van der Waals surface area contributed by atoms with Crippen LogP contribution < -0.4 is 5.32 Å². The van der Waals surface area contributed by atoms with Crippen molar-refractivity contribution in [3.63, 3.8) is 0 Å². The monoisotopic (exact) mass is 332 g/mol. The molecule has 1 aliphatic rings. The van der Waals surface area contributed by atoms with Crippen LogP contribution in [0, 0.1) is 5.92 Å². The number of amides is 1. The van der Waals surface area contributed by atoms with E-state index in [1.54, 1.807) is 0 Å². The third-order valence-corrected chi connectivity index (χ3v) is 5.49. The predicted molar refractivity (Wildman–Crippen MR) is 82.0 cm³/mol. The van der Waals surface area contributed by atoms with Gasteiger partial charge < -0.3 is 10.3 Å².